The fraction of sp³-hybridized carbons (Fsp3) is 0.615. The lowest BCUT2D eigenvalue weighted by atomic mass is 9.96. The molecule has 2 aliphatic carbocycles. The van der Waals surface area contributed by atoms with Crippen LogP contribution in [-0.4, -0.2) is 10.4 Å². The van der Waals surface area contributed by atoms with Crippen molar-refractivity contribution in [3.8, 4) is 0 Å². The zero-order valence-electron chi connectivity index (χ0n) is 9.42. The maximum atomic E-state index is 11.7. The standard InChI is InChI=1S/C13H17NO/c1-13(2)8-12(13)14-7-6-9-10(14)4-3-5-11(9)15/h6-7,12H,3-5,8H2,1-2H3. The Kier molecular flexibility index (Phi) is 1.68. The minimum Gasteiger partial charge on any atom is -0.347 e. The molecule has 0 radical (unpaired) electrons. The average molecular weight is 203 g/mol. The predicted octanol–water partition coefficient (Wildman–Crippen LogP) is 2.98. The molecule has 0 saturated heterocycles. The highest BCUT2D eigenvalue weighted by Gasteiger charge is 2.47. The molecular formula is C13H17NO. The van der Waals surface area contributed by atoms with Crippen molar-refractivity contribution in [1.29, 1.82) is 0 Å². The van der Waals surface area contributed by atoms with Crippen LogP contribution in [0.5, 0.6) is 0 Å². The molecule has 15 heavy (non-hydrogen) atoms. The Morgan fingerprint density at radius 3 is 2.80 bits per heavy atom. The summed E-state index contributed by atoms with van der Waals surface area (Å²) in [6.45, 7) is 4.60. The van der Waals surface area contributed by atoms with Gasteiger partial charge in [-0.1, -0.05) is 13.8 Å². The number of aromatic nitrogens is 1. The van der Waals surface area contributed by atoms with E-state index >= 15 is 0 Å². The van der Waals surface area contributed by atoms with Crippen molar-refractivity contribution in [1.82, 2.24) is 4.57 Å². The summed E-state index contributed by atoms with van der Waals surface area (Å²) in [4.78, 5) is 11.7. The lowest BCUT2D eigenvalue weighted by Crippen LogP contribution is -2.13. The molecule has 1 heterocycles. The number of ketones is 1. The van der Waals surface area contributed by atoms with E-state index < -0.39 is 0 Å². The van der Waals surface area contributed by atoms with Crippen molar-refractivity contribution in [2.24, 2.45) is 5.41 Å². The number of rotatable bonds is 1. The second kappa shape index (κ2) is 2.75. The third kappa shape index (κ3) is 1.27. The van der Waals surface area contributed by atoms with E-state index in [2.05, 4.69) is 24.6 Å². The molecule has 0 bridgehead atoms. The van der Waals surface area contributed by atoms with E-state index in [4.69, 9.17) is 0 Å². The first-order valence-electron chi connectivity index (χ1n) is 5.82. The maximum absolute atomic E-state index is 11.7. The summed E-state index contributed by atoms with van der Waals surface area (Å²) in [5.74, 6) is 0.341. The number of fused-ring (bicyclic) bond motifs is 1. The zero-order valence-corrected chi connectivity index (χ0v) is 9.42. The summed E-state index contributed by atoms with van der Waals surface area (Å²) in [5.41, 5.74) is 2.72. The van der Waals surface area contributed by atoms with Crippen LogP contribution in [0.3, 0.4) is 0 Å². The van der Waals surface area contributed by atoms with Crippen LogP contribution in [0.15, 0.2) is 12.3 Å². The smallest absolute Gasteiger partial charge is 0.164 e. The van der Waals surface area contributed by atoms with E-state index in [1.54, 1.807) is 0 Å². The predicted molar refractivity (Wildman–Crippen MR) is 59.1 cm³/mol. The SMILES string of the molecule is CC1(C)CC1n1ccc2c1CCCC2=O. The molecule has 1 aromatic heterocycles. The lowest BCUT2D eigenvalue weighted by molar-refractivity contribution is 0.0971. The first kappa shape index (κ1) is 9.20. The monoisotopic (exact) mass is 203 g/mol. The summed E-state index contributed by atoms with van der Waals surface area (Å²) >= 11 is 0. The van der Waals surface area contributed by atoms with Gasteiger partial charge in [0.15, 0.2) is 5.78 Å². The van der Waals surface area contributed by atoms with Gasteiger partial charge in [0.2, 0.25) is 0 Å². The Balaban J connectivity index is 2.01. The van der Waals surface area contributed by atoms with Gasteiger partial charge in [0.25, 0.3) is 0 Å². The first-order chi connectivity index (χ1) is 7.09. The van der Waals surface area contributed by atoms with Crippen molar-refractivity contribution in [2.75, 3.05) is 0 Å². The van der Waals surface area contributed by atoms with Crippen molar-refractivity contribution in [3.63, 3.8) is 0 Å². The molecule has 2 heteroatoms. The molecule has 2 nitrogen and oxygen atoms in total. The molecule has 80 valence electrons. The van der Waals surface area contributed by atoms with Crippen LogP contribution in [0.1, 0.15) is 55.2 Å². The van der Waals surface area contributed by atoms with Crippen molar-refractivity contribution in [3.05, 3.63) is 23.5 Å². The van der Waals surface area contributed by atoms with E-state index in [1.165, 1.54) is 12.1 Å². The van der Waals surface area contributed by atoms with Gasteiger partial charge in [0, 0.05) is 29.9 Å². The molecule has 0 amide bonds. The molecule has 1 atom stereocenters. The highest BCUT2D eigenvalue weighted by atomic mass is 16.1. The van der Waals surface area contributed by atoms with E-state index in [9.17, 15) is 4.79 Å². The minimum atomic E-state index is 0.341. The molecule has 1 aromatic rings. The highest BCUT2D eigenvalue weighted by Crippen LogP contribution is 2.56. The van der Waals surface area contributed by atoms with Gasteiger partial charge < -0.3 is 4.57 Å². The van der Waals surface area contributed by atoms with Crippen molar-refractivity contribution < 1.29 is 4.79 Å². The molecular weight excluding hydrogens is 186 g/mol. The Morgan fingerprint density at radius 2 is 2.13 bits per heavy atom. The van der Waals surface area contributed by atoms with Gasteiger partial charge in [-0.15, -0.1) is 0 Å². The van der Waals surface area contributed by atoms with Gasteiger partial charge in [-0.3, -0.25) is 4.79 Å². The quantitative estimate of drug-likeness (QED) is 0.687. The fourth-order valence-electron chi connectivity index (χ4n) is 2.76. The molecule has 1 unspecified atom stereocenters. The van der Waals surface area contributed by atoms with Gasteiger partial charge in [-0.2, -0.15) is 0 Å². The second-order valence-electron chi connectivity index (χ2n) is 5.57. The molecule has 0 aliphatic heterocycles. The van der Waals surface area contributed by atoms with Crippen LogP contribution < -0.4 is 0 Å². The van der Waals surface area contributed by atoms with E-state index in [1.807, 2.05) is 6.07 Å². The molecule has 2 aliphatic rings. The Morgan fingerprint density at radius 1 is 1.40 bits per heavy atom. The third-order valence-electron chi connectivity index (χ3n) is 3.94. The highest BCUT2D eigenvalue weighted by molar-refractivity contribution is 5.98. The number of hydrogen-bond donors (Lipinski definition) is 0. The Hall–Kier alpha value is -1.05. The van der Waals surface area contributed by atoms with Crippen LogP contribution >= 0.6 is 0 Å². The summed E-state index contributed by atoms with van der Waals surface area (Å²) in [6, 6.07) is 2.65. The van der Waals surface area contributed by atoms with Gasteiger partial charge >= 0.3 is 0 Å². The third-order valence-corrected chi connectivity index (χ3v) is 3.94. The molecule has 0 spiro atoms. The van der Waals surface area contributed by atoms with E-state index in [0.717, 1.165) is 24.8 Å². The molecule has 0 N–H and O–H groups in total. The van der Waals surface area contributed by atoms with Crippen molar-refractivity contribution >= 4 is 5.78 Å². The number of hydrogen-bond acceptors (Lipinski definition) is 1. The summed E-state index contributed by atoms with van der Waals surface area (Å²) in [6.07, 6.45) is 6.23. The minimum absolute atomic E-state index is 0.341. The van der Waals surface area contributed by atoms with Crippen molar-refractivity contribution in [2.45, 2.75) is 45.6 Å². The number of carbonyl (C=O) groups is 1. The topological polar surface area (TPSA) is 22.0 Å². The van der Waals surface area contributed by atoms with Gasteiger partial charge in [0.1, 0.15) is 0 Å². The van der Waals surface area contributed by atoms with Crippen LogP contribution in [0.2, 0.25) is 0 Å². The number of carbonyl (C=O) groups excluding carboxylic acids is 1. The molecule has 3 rings (SSSR count). The summed E-state index contributed by atoms with van der Waals surface area (Å²) in [7, 11) is 0. The van der Waals surface area contributed by atoms with E-state index in [-0.39, 0.29) is 0 Å². The molecule has 0 aromatic carbocycles. The van der Waals surface area contributed by atoms with Crippen LogP contribution in [0, 0.1) is 5.41 Å². The summed E-state index contributed by atoms with van der Waals surface area (Å²) in [5, 5.41) is 0. The average Bonchev–Trinajstić information content (AvgIpc) is 2.62. The van der Waals surface area contributed by atoms with Gasteiger partial charge in [0.05, 0.1) is 0 Å². The number of nitrogens with zero attached hydrogens (tertiary/aromatic N) is 1. The zero-order chi connectivity index (χ0) is 10.6. The lowest BCUT2D eigenvalue weighted by Gasteiger charge is -2.16. The maximum Gasteiger partial charge on any atom is 0.164 e. The largest absolute Gasteiger partial charge is 0.347 e. The normalized spacial score (nSPS) is 27.6. The van der Waals surface area contributed by atoms with Gasteiger partial charge in [-0.05, 0) is 30.7 Å². The molecule has 1 saturated carbocycles. The van der Waals surface area contributed by atoms with E-state index in [0.29, 0.717) is 17.2 Å². The second-order valence-corrected chi connectivity index (χ2v) is 5.57. The van der Waals surface area contributed by atoms with Crippen LogP contribution in [0.25, 0.3) is 0 Å². The summed E-state index contributed by atoms with van der Waals surface area (Å²) < 4.78 is 2.35. The van der Waals surface area contributed by atoms with Crippen LogP contribution in [-0.2, 0) is 6.42 Å². The first-order valence-corrected chi connectivity index (χ1v) is 5.82. The molecule has 1 fully saturated rings. The fourth-order valence-corrected chi connectivity index (χ4v) is 2.76. The Labute approximate surface area is 90.3 Å². The number of Topliss-reactive ketones (excluding diaryl/α,β-unsaturated/α-hetero) is 1. The van der Waals surface area contributed by atoms with Crippen LogP contribution in [0.4, 0.5) is 0 Å². The van der Waals surface area contributed by atoms with Gasteiger partial charge in [-0.25, -0.2) is 0 Å². The Bertz CT molecular complexity index is 428.